The van der Waals surface area contributed by atoms with Crippen LogP contribution in [0.3, 0.4) is 0 Å². The summed E-state index contributed by atoms with van der Waals surface area (Å²) in [5.74, 6) is -0.254. The highest BCUT2D eigenvalue weighted by molar-refractivity contribution is 7.80. The molecule has 2 amide bonds. The number of hydrogen-bond acceptors (Lipinski definition) is 5. The van der Waals surface area contributed by atoms with Crippen LogP contribution in [0.15, 0.2) is 59.2 Å². The second-order valence-corrected chi connectivity index (χ2v) is 7.99. The van der Waals surface area contributed by atoms with E-state index in [9.17, 15) is 9.59 Å². The number of anilines is 2. The molecule has 0 radical (unpaired) electrons. The molecule has 10 heteroatoms. The smallest absolute Gasteiger partial charge is 0.291 e. The number of ether oxygens (including phenoxy) is 1. The molecule has 166 valence electrons. The number of benzene rings is 2. The number of amides is 2. The molecule has 1 heterocycles. The fourth-order valence-electron chi connectivity index (χ4n) is 2.66. The molecule has 1 atom stereocenters. The Morgan fingerprint density at radius 2 is 1.88 bits per heavy atom. The highest BCUT2D eigenvalue weighted by atomic mass is 35.5. The van der Waals surface area contributed by atoms with Crippen LogP contribution in [0.1, 0.15) is 23.0 Å². The van der Waals surface area contributed by atoms with Crippen molar-refractivity contribution >= 4 is 63.7 Å². The van der Waals surface area contributed by atoms with Crippen LogP contribution >= 0.6 is 35.4 Å². The van der Waals surface area contributed by atoms with Gasteiger partial charge in [-0.1, -0.05) is 23.2 Å². The lowest BCUT2D eigenvalue weighted by atomic mass is 10.1. The number of carbonyl (C=O) groups excluding carboxylic acids is 2. The van der Waals surface area contributed by atoms with Crippen molar-refractivity contribution in [1.82, 2.24) is 5.32 Å². The quantitative estimate of drug-likeness (QED) is 0.398. The molecule has 0 aliphatic carbocycles. The van der Waals surface area contributed by atoms with E-state index < -0.39 is 12.0 Å². The van der Waals surface area contributed by atoms with Crippen LogP contribution in [-0.4, -0.2) is 23.0 Å². The van der Waals surface area contributed by atoms with Gasteiger partial charge in [0.2, 0.25) is 0 Å². The lowest BCUT2D eigenvalue weighted by Gasteiger charge is -2.17. The molecule has 2 aromatic carbocycles. The first-order valence-corrected chi connectivity index (χ1v) is 10.6. The van der Waals surface area contributed by atoms with Crippen molar-refractivity contribution in [3.63, 3.8) is 0 Å². The van der Waals surface area contributed by atoms with Crippen LogP contribution in [0.5, 0.6) is 5.75 Å². The number of hydrogen-bond donors (Lipinski definition) is 3. The summed E-state index contributed by atoms with van der Waals surface area (Å²) in [6, 6.07) is 13.2. The van der Waals surface area contributed by atoms with E-state index in [0.29, 0.717) is 27.2 Å². The Bertz CT molecular complexity index is 1150. The number of halogens is 2. The molecule has 32 heavy (non-hydrogen) atoms. The van der Waals surface area contributed by atoms with Crippen molar-refractivity contribution in [2.75, 3.05) is 10.6 Å². The third-order valence-electron chi connectivity index (χ3n) is 4.28. The minimum absolute atomic E-state index is 0.0967. The Hall–Kier alpha value is -3.07. The van der Waals surface area contributed by atoms with Gasteiger partial charge in [0.25, 0.3) is 11.8 Å². The molecule has 0 aliphatic rings. The normalized spacial score (nSPS) is 11.4. The molecule has 3 aromatic rings. The average Bonchev–Trinajstić information content (AvgIpc) is 3.27. The highest BCUT2D eigenvalue weighted by Crippen LogP contribution is 2.28. The lowest BCUT2D eigenvalue weighted by molar-refractivity contribution is -0.125. The van der Waals surface area contributed by atoms with Gasteiger partial charge in [0.1, 0.15) is 5.75 Å². The summed E-state index contributed by atoms with van der Waals surface area (Å²) in [7, 11) is 0. The SMILES string of the molecule is Cc1cc(NC(=S)NC(=O)C(C)Oc2ccc(Cl)cc2Cl)ccc1NC(=O)c1ccco1. The van der Waals surface area contributed by atoms with Crippen LogP contribution in [0.25, 0.3) is 0 Å². The van der Waals surface area contributed by atoms with E-state index in [0.717, 1.165) is 5.56 Å². The molecule has 0 fully saturated rings. The third-order valence-corrected chi connectivity index (χ3v) is 5.02. The maximum atomic E-state index is 12.4. The van der Waals surface area contributed by atoms with Gasteiger partial charge >= 0.3 is 0 Å². The van der Waals surface area contributed by atoms with Crippen LogP contribution in [0.2, 0.25) is 10.0 Å². The lowest BCUT2D eigenvalue weighted by Crippen LogP contribution is -2.42. The average molecular weight is 492 g/mol. The second-order valence-electron chi connectivity index (χ2n) is 6.74. The van der Waals surface area contributed by atoms with E-state index in [4.69, 9.17) is 44.6 Å². The standard InChI is InChI=1S/C22H19Cl2N3O4S/c1-12-10-15(6-7-17(12)26-21(29)19-4-3-9-30-19)25-22(32)27-20(28)13(2)31-18-8-5-14(23)11-16(18)24/h3-11,13H,1-2H3,(H,26,29)(H2,25,27,28,32). The van der Waals surface area contributed by atoms with Crippen LogP contribution in [-0.2, 0) is 4.79 Å². The van der Waals surface area contributed by atoms with Gasteiger partial charge in [-0.15, -0.1) is 0 Å². The maximum Gasteiger partial charge on any atom is 0.291 e. The van der Waals surface area contributed by atoms with E-state index in [2.05, 4.69) is 16.0 Å². The fourth-order valence-corrected chi connectivity index (χ4v) is 3.34. The minimum atomic E-state index is -0.852. The van der Waals surface area contributed by atoms with Crippen molar-refractivity contribution in [3.8, 4) is 5.75 Å². The van der Waals surface area contributed by atoms with E-state index in [1.807, 2.05) is 6.92 Å². The van der Waals surface area contributed by atoms with Gasteiger partial charge in [-0.25, -0.2) is 0 Å². The molecule has 3 N–H and O–H groups in total. The van der Waals surface area contributed by atoms with Crippen LogP contribution in [0.4, 0.5) is 11.4 Å². The van der Waals surface area contributed by atoms with Crippen molar-refractivity contribution in [2.24, 2.45) is 0 Å². The van der Waals surface area contributed by atoms with Gasteiger partial charge in [0.05, 0.1) is 11.3 Å². The maximum absolute atomic E-state index is 12.4. The predicted molar refractivity (Wildman–Crippen MR) is 129 cm³/mol. The molecule has 1 aromatic heterocycles. The molecular formula is C22H19Cl2N3O4S. The zero-order chi connectivity index (χ0) is 23.3. The number of nitrogens with one attached hydrogen (secondary N) is 3. The fraction of sp³-hybridized carbons (Fsp3) is 0.136. The highest BCUT2D eigenvalue weighted by Gasteiger charge is 2.18. The summed E-state index contributed by atoms with van der Waals surface area (Å²) in [5.41, 5.74) is 2.05. The predicted octanol–water partition coefficient (Wildman–Crippen LogP) is 5.43. The monoisotopic (exact) mass is 491 g/mol. The molecule has 0 saturated heterocycles. The Labute approximate surface area is 200 Å². The number of thiocarbonyl (C=S) groups is 1. The van der Waals surface area contributed by atoms with Crippen molar-refractivity contribution in [2.45, 2.75) is 20.0 Å². The molecular weight excluding hydrogens is 473 g/mol. The first-order valence-electron chi connectivity index (χ1n) is 9.42. The van der Waals surface area contributed by atoms with Gasteiger partial charge in [-0.3, -0.25) is 14.9 Å². The molecule has 3 rings (SSSR count). The zero-order valence-electron chi connectivity index (χ0n) is 17.1. The van der Waals surface area contributed by atoms with Gasteiger partial charge in [0, 0.05) is 16.4 Å². The summed E-state index contributed by atoms with van der Waals surface area (Å²) in [5, 5.41) is 9.13. The first kappa shape index (κ1) is 23.6. The largest absolute Gasteiger partial charge is 0.479 e. The Morgan fingerprint density at radius 1 is 1.09 bits per heavy atom. The summed E-state index contributed by atoms with van der Waals surface area (Å²) < 4.78 is 10.7. The van der Waals surface area contributed by atoms with Crippen LogP contribution in [0, 0.1) is 6.92 Å². The topological polar surface area (TPSA) is 92.6 Å². The Kier molecular flexibility index (Phi) is 7.74. The minimum Gasteiger partial charge on any atom is -0.479 e. The second kappa shape index (κ2) is 10.5. The summed E-state index contributed by atoms with van der Waals surface area (Å²) in [6.07, 6.45) is 0.578. The van der Waals surface area contributed by atoms with Gasteiger partial charge in [-0.2, -0.15) is 0 Å². The van der Waals surface area contributed by atoms with E-state index in [-0.39, 0.29) is 16.8 Å². The van der Waals surface area contributed by atoms with E-state index >= 15 is 0 Å². The molecule has 1 unspecified atom stereocenters. The Morgan fingerprint density at radius 3 is 2.53 bits per heavy atom. The molecule has 7 nitrogen and oxygen atoms in total. The molecule has 0 bridgehead atoms. The number of furan rings is 1. The first-order chi connectivity index (χ1) is 15.2. The van der Waals surface area contributed by atoms with Gasteiger partial charge in [0.15, 0.2) is 17.0 Å². The molecule has 0 aliphatic heterocycles. The van der Waals surface area contributed by atoms with E-state index in [1.54, 1.807) is 49.4 Å². The van der Waals surface area contributed by atoms with Crippen molar-refractivity contribution < 1.29 is 18.7 Å². The summed E-state index contributed by atoms with van der Waals surface area (Å²) in [4.78, 5) is 24.5. The van der Waals surface area contributed by atoms with Gasteiger partial charge in [-0.05, 0) is 80.2 Å². The zero-order valence-corrected chi connectivity index (χ0v) is 19.4. The van der Waals surface area contributed by atoms with Crippen molar-refractivity contribution in [3.05, 3.63) is 76.2 Å². The van der Waals surface area contributed by atoms with Crippen LogP contribution < -0.4 is 20.7 Å². The molecule has 0 saturated carbocycles. The third kappa shape index (κ3) is 6.23. The number of rotatable bonds is 6. The summed E-state index contributed by atoms with van der Waals surface area (Å²) >= 11 is 17.1. The molecule has 0 spiro atoms. The Balaban J connectivity index is 1.55. The van der Waals surface area contributed by atoms with Gasteiger partial charge < -0.3 is 19.8 Å². The van der Waals surface area contributed by atoms with Crippen molar-refractivity contribution in [1.29, 1.82) is 0 Å². The number of aryl methyl sites for hydroxylation is 1. The van der Waals surface area contributed by atoms with E-state index in [1.165, 1.54) is 12.3 Å². The number of carbonyl (C=O) groups is 2. The summed E-state index contributed by atoms with van der Waals surface area (Å²) in [6.45, 7) is 3.40.